The number of likely N-dealkylation sites (N-methyl/N-ethyl adjacent to an activating group) is 1. The second kappa shape index (κ2) is 4.57. The zero-order valence-corrected chi connectivity index (χ0v) is 11.8. The van der Waals surface area contributed by atoms with Crippen molar-refractivity contribution in [2.45, 2.75) is 39.3 Å². The van der Waals surface area contributed by atoms with Crippen molar-refractivity contribution >= 4 is 15.7 Å². The van der Waals surface area contributed by atoms with Gasteiger partial charge in [0.15, 0.2) is 9.84 Å². The molecule has 17 heavy (non-hydrogen) atoms. The molecule has 0 aliphatic carbocycles. The minimum absolute atomic E-state index is 0.0616. The maximum atomic E-state index is 12.1. The van der Waals surface area contributed by atoms with E-state index in [9.17, 15) is 13.2 Å². The standard InChI is InChI=1S/C11H22N2O3S/c1-11(2,3)9(12)10(14)13(4)8-5-6-17(15,16)7-8/h8-9H,5-7,12H2,1-4H3/t8?,9-/m1/s1. The zero-order valence-electron chi connectivity index (χ0n) is 10.9. The van der Waals surface area contributed by atoms with Crippen LogP contribution in [0, 0.1) is 5.41 Å². The number of hydrogen-bond donors (Lipinski definition) is 1. The lowest BCUT2D eigenvalue weighted by molar-refractivity contribution is -0.135. The first-order valence-corrected chi connectivity index (χ1v) is 7.59. The third-order valence-corrected chi connectivity index (χ3v) is 5.05. The molecular formula is C11H22N2O3S. The molecule has 0 bridgehead atoms. The lowest BCUT2D eigenvalue weighted by atomic mass is 9.86. The average Bonchev–Trinajstić information content (AvgIpc) is 2.54. The summed E-state index contributed by atoms with van der Waals surface area (Å²) in [5.74, 6) is 0.0474. The molecule has 100 valence electrons. The van der Waals surface area contributed by atoms with Crippen LogP contribution in [0.25, 0.3) is 0 Å². The summed E-state index contributed by atoms with van der Waals surface area (Å²) in [6.45, 7) is 5.69. The van der Waals surface area contributed by atoms with Gasteiger partial charge in [-0.25, -0.2) is 8.42 Å². The number of rotatable bonds is 2. The highest BCUT2D eigenvalue weighted by molar-refractivity contribution is 7.91. The second-order valence-electron chi connectivity index (χ2n) is 5.85. The third-order valence-electron chi connectivity index (χ3n) is 3.30. The molecule has 0 aromatic heterocycles. The molecule has 0 saturated carbocycles. The van der Waals surface area contributed by atoms with Crippen LogP contribution in [0.15, 0.2) is 0 Å². The highest BCUT2D eigenvalue weighted by Crippen LogP contribution is 2.22. The minimum Gasteiger partial charge on any atom is -0.340 e. The Morgan fingerprint density at radius 2 is 1.94 bits per heavy atom. The summed E-state index contributed by atoms with van der Waals surface area (Å²) in [5, 5.41) is 0. The van der Waals surface area contributed by atoms with E-state index in [1.807, 2.05) is 20.8 Å². The molecule has 2 N–H and O–H groups in total. The molecule has 0 spiro atoms. The smallest absolute Gasteiger partial charge is 0.240 e. The van der Waals surface area contributed by atoms with E-state index >= 15 is 0 Å². The van der Waals surface area contributed by atoms with Crippen LogP contribution in [0.3, 0.4) is 0 Å². The van der Waals surface area contributed by atoms with E-state index < -0.39 is 15.9 Å². The summed E-state index contributed by atoms with van der Waals surface area (Å²) >= 11 is 0. The van der Waals surface area contributed by atoms with Crippen molar-refractivity contribution in [3.63, 3.8) is 0 Å². The molecule has 1 heterocycles. The van der Waals surface area contributed by atoms with Gasteiger partial charge in [0.05, 0.1) is 17.5 Å². The van der Waals surface area contributed by atoms with Gasteiger partial charge in [-0.05, 0) is 11.8 Å². The number of nitrogens with two attached hydrogens (primary N) is 1. The lowest BCUT2D eigenvalue weighted by Gasteiger charge is -2.32. The Morgan fingerprint density at radius 3 is 2.29 bits per heavy atom. The molecule has 0 radical (unpaired) electrons. The largest absolute Gasteiger partial charge is 0.340 e. The predicted octanol–water partition coefficient (Wildman–Crippen LogP) is 0.00530. The van der Waals surface area contributed by atoms with E-state index in [1.54, 1.807) is 7.05 Å². The van der Waals surface area contributed by atoms with Crippen LogP contribution in [-0.2, 0) is 14.6 Å². The molecule has 0 aromatic carbocycles. The number of sulfone groups is 1. The SMILES string of the molecule is CN(C(=O)[C@@H](N)C(C)(C)C)C1CCS(=O)(=O)C1. The molecule has 2 atom stereocenters. The minimum atomic E-state index is -2.97. The van der Waals surface area contributed by atoms with Crippen molar-refractivity contribution in [2.24, 2.45) is 11.1 Å². The molecular weight excluding hydrogens is 240 g/mol. The Bertz CT molecular complexity index is 397. The summed E-state index contributed by atoms with van der Waals surface area (Å²) in [7, 11) is -1.33. The highest BCUT2D eigenvalue weighted by Gasteiger charge is 2.37. The van der Waals surface area contributed by atoms with Crippen molar-refractivity contribution in [3.8, 4) is 0 Å². The number of carbonyl (C=O) groups excluding carboxylic acids is 1. The maximum absolute atomic E-state index is 12.1. The Morgan fingerprint density at radius 1 is 1.41 bits per heavy atom. The predicted molar refractivity (Wildman–Crippen MR) is 67.3 cm³/mol. The first kappa shape index (κ1) is 14.4. The normalized spacial score (nSPS) is 25.6. The third kappa shape index (κ3) is 3.42. The lowest BCUT2D eigenvalue weighted by Crippen LogP contribution is -2.52. The van der Waals surface area contributed by atoms with Gasteiger partial charge in [0.1, 0.15) is 0 Å². The quantitative estimate of drug-likeness (QED) is 0.760. The van der Waals surface area contributed by atoms with Crippen LogP contribution in [-0.4, -0.2) is 49.9 Å². The van der Waals surface area contributed by atoms with E-state index in [4.69, 9.17) is 5.73 Å². The summed E-state index contributed by atoms with van der Waals surface area (Å²) < 4.78 is 22.7. The molecule has 1 amide bonds. The van der Waals surface area contributed by atoms with Crippen molar-refractivity contribution in [1.82, 2.24) is 4.90 Å². The van der Waals surface area contributed by atoms with E-state index in [2.05, 4.69) is 0 Å². The van der Waals surface area contributed by atoms with E-state index in [1.165, 1.54) is 4.90 Å². The average molecular weight is 262 g/mol. The van der Waals surface area contributed by atoms with Crippen LogP contribution < -0.4 is 5.73 Å². The molecule has 1 rings (SSSR count). The molecule has 1 aliphatic rings. The van der Waals surface area contributed by atoms with Crippen molar-refractivity contribution in [3.05, 3.63) is 0 Å². The van der Waals surface area contributed by atoms with Gasteiger partial charge in [-0.15, -0.1) is 0 Å². The van der Waals surface area contributed by atoms with Gasteiger partial charge in [-0.1, -0.05) is 20.8 Å². The van der Waals surface area contributed by atoms with Crippen LogP contribution in [0.1, 0.15) is 27.2 Å². The van der Waals surface area contributed by atoms with Crippen LogP contribution in [0.5, 0.6) is 0 Å². The Hall–Kier alpha value is -0.620. The van der Waals surface area contributed by atoms with E-state index in [0.717, 1.165) is 0 Å². The first-order valence-electron chi connectivity index (χ1n) is 5.77. The number of nitrogens with zero attached hydrogens (tertiary/aromatic N) is 1. The number of amides is 1. The van der Waals surface area contributed by atoms with Gasteiger partial charge in [0.25, 0.3) is 0 Å². The molecule has 1 saturated heterocycles. The summed E-state index contributed by atoms with van der Waals surface area (Å²) in [6.07, 6.45) is 0.515. The van der Waals surface area contributed by atoms with Crippen LogP contribution in [0.2, 0.25) is 0 Å². The van der Waals surface area contributed by atoms with E-state index in [0.29, 0.717) is 6.42 Å². The number of hydrogen-bond acceptors (Lipinski definition) is 4. The molecule has 5 nitrogen and oxygen atoms in total. The van der Waals surface area contributed by atoms with Crippen LogP contribution >= 0.6 is 0 Å². The fourth-order valence-electron chi connectivity index (χ4n) is 1.85. The molecule has 6 heteroatoms. The van der Waals surface area contributed by atoms with Gasteiger partial charge < -0.3 is 10.6 Å². The van der Waals surface area contributed by atoms with Crippen molar-refractivity contribution < 1.29 is 13.2 Å². The molecule has 0 aromatic rings. The first-order chi connectivity index (χ1) is 7.54. The topological polar surface area (TPSA) is 80.5 Å². The zero-order chi connectivity index (χ0) is 13.4. The van der Waals surface area contributed by atoms with Crippen molar-refractivity contribution in [1.29, 1.82) is 0 Å². The van der Waals surface area contributed by atoms with Gasteiger partial charge in [0, 0.05) is 13.1 Å². The Balaban J connectivity index is 2.72. The monoisotopic (exact) mass is 262 g/mol. The molecule has 1 fully saturated rings. The van der Waals surface area contributed by atoms with Gasteiger partial charge in [0.2, 0.25) is 5.91 Å². The Kier molecular flexibility index (Phi) is 3.88. The second-order valence-corrected chi connectivity index (χ2v) is 8.08. The molecule has 1 unspecified atom stereocenters. The van der Waals surface area contributed by atoms with E-state index in [-0.39, 0.29) is 28.9 Å². The van der Waals surface area contributed by atoms with Gasteiger partial charge in [-0.3, -0.25) is 4.79 Å². The highest BCUT2D eigenvalue weighted by atomic mass is 32.2. The maximum Gasteiger partial charge on any atom is 0.240 e. The number of carbonyl (C=O) groups is 1. The fraction of sp³-hybridized carbons (Fsp3) is 0.909. The summed E-state index contributed by atoms with van der Waals surface area (Å²) in [5.41, 5.74) is 5.57. The van der Waals surface area contributed by atoms with Crippen LogP contribution in [0.4, 0.5) is 0 Å². The fourth-order valence-corrected chi connectivity index (χ4v) is 3.62. The van der Waals surface area contributed by atoms with Crippen molar-refractivity contribution in [2.75, 3.05) is 18.6 Å². The van der Waals surface area contributed by atoms with Gasteiger partial charge >= 0.3 is 0 Å². The van der Waals surface area contributed by atoms with Gasteiger partial charge in [-0.2, -0.15) is 0 Å². The summed E-state index contributed by atoms with van der Waals surface area (Å²) in [4.78, 5) is 13.6. The Labute approximate surface area is 103 Å². The molecule has 1 aliphatic heterocycles. The summed E-state index contributed by atoms with van der Waals surface area (Å²) in [6, 6.07) is -0.822.